The minimum absolute atomic E-state index is 0.358. The third-order valence-corrected chi connectivity index (χ3v) is 4.86. The molecule has 0 radical (unpaired) electrons. The summed E-state index contributed by atoms with van der Waals surface area (Å²) in [6.45, 7) is 1.07. The Bertz CT molecular complexity index is 574. The Morgan fingerprint density at radius 1 is 1.00 bits per heavy atom. The van der Waals surface area contributed by atoms with Gasteiger partial charge in [-0.25, -0.2) is 0 Å². The van der Waals surface area contributed by atoms with Gasteiger partial charge in [-0.15, -0.1) is 0 Å². The molecule has 0 unspecified atom stereocenters. The van der Waals surface area contributed by atoms with Crippen LogP contribution in [0.1, 0.15) is 49.3 Å². The van der Waals surface area contributed by atoms with Crippen molar-refractivity contribution in [3.05, 3.63) is 59.9 Å². The van der Waals surface area contributed by atoms with Crippen LogP contribution in [-0.2, 0) is 6.42 Å². The number of nitrogens with zero attached hydrogens (tertiary/aromatic N) is 1. The molecular weight excluding hydrogens is 284 g/mol. The predicted octanol–water partition coefficient (Wildman–Crippen LogP) is 4.04. The fourth-order valence-electron chi connectivity index (χ4n) is 3.50. The summed E-state index contributed by atoms with van der Waals surface area (Å²) >= 11 is 0. The van der Waals surface area contributed by atoms with E-state index in [2.05, 4.69) is 34.6 Å². The summed E-state index contributed by atoms with van der Waals surface area (Å²) in [4.78, 5) is 4.37. The highest BCUT2D eigenvalue weighted by Crippen LogP contribution is 2.33. The Hall–Kier alpha value is -1.87. The van der Waals surface area contributed by atoms with Gasteiger partial charge in [0.05, 0.1) is 0 Å². The normalized spacial score (nSPS) is 21.2. The SMILES string of the molecule is Oc1ccc([C@H]2CC[C@H](NCCCc3ccccn3)CC2)cc1. The second kappa shape index (κ2) is 8.11. The number of aryl methyl sites for hydroxylation is 1. The minimum Gasteiger partial charge on any atom is -0.508 e. The van der Waals surface area contributed by atoms with E-state index >= 15 is 0 Å². The molecule has 0 bridgehead atoms. The number of aromatic hydroxyl groups is 1. The van der Waals surface area contributed by atoms with Crippen LogP contribution in [0.25, 0.3) is 0 Å². The second-order valence-corrected chi connectivity index (χ2v) is 6.52. The van der Waals surface area contributed by atoms with E-state index in [4.69, 9.17) is 0 Å². The van der Waals surface area contributed by atoms with Gasteiger partial charge in [-0.3, -0.25) is 4.98 Å². The number of phenolic OH excluding ortho intramolecular Hbond substituents is 1. The maximum Gasteiger partial charge on any atom is 0.115 e. The van der Waals surface area contributed by atoms with Crippen LogP contribution in [0, 0.1) is 0 Å². The molecule has 1 aromatic carbocycles. The molecule has 0 spiro atoms. The van der Waals surface area contributed by atoms with E-state index in [1.807, 2.05) is 12.3 Å². The van der Waals surface area contributed by atoms with E-state index in [1.165, 1.54) is 36.9 Å². The minimum atomic E-state index is 0.358. The van der Waals surface area contributed by atoms with Crippen molar-refractivity contribution in [2.45, 2.75) is 50.5 Å². The maximum absolute atomic E-state index is 9.39. The van der Waals surface area contributed by atoms with Gasteiger partial charge in [0.25, 0.3) is 0 Å². The fourth-order valence-corrected chi connectivity index (χ4v) is 3.50. The summed E-state index contributed by atoms with van der Waals surface area (Å²) in [7, 11) is 0. The van der Waals surface area contributed by atoms with Crippen molar-refractivity contribution < 1.29 is 5.11 Å². The molecule has 1 fully saturated rings. The van der Waals surface area contributed by atoms with E-state index < -0.39 is 0 Å². The molecule has 122 valence electrons. The Labute approximate surface area is 138 Å². The van der Waals surface area contributed by atoms with Crippen LogP contribution in [0.5, 0.6) is 5.75 Å². The zero-order valence-electron chi connectivity index (χ0n) is 13.6. The molecule has 0 saturated heterocycles. The molecule has 2 N–H and O–H groups in total. The van der Waals surface area contributed by atoms with Gasteiger partial charge in [0.1, 0.15) is 5.75 Å². The van der Waals surface area contributed by atoms with Crippen LogP contribution in [0.2, 0.25) is 0 Å². The van der Waals surface area contributed by atoms with E-state index in [0.717, 1.165) is 19.4 Å². The smallest absolute Gasteiger partial charge is 0.115 e. The lowest BCUT2D eigenvalue weighted by Crippen LogP contribution is -2.33. The molecule has 0 amide bonds. The van der Waals surface area contributed by atoms with Crippen molar-refractivity contribution in [3.8, 4) is 5.75 Å². The number of nitrogens with one attached hydrogen (secondary N) is 1. The molecule has 1 saturated carbocycles. The Kier molecular flexibility index (Phi) is 5.65. The first kappa shape index (κ1) is 16.0. The molecule has 1 aromatic heterocycles. The van der Waals surface area contributed by atoms with Gasteiger partial charge in [0, 0.05) is 17.9 Å². The number of phenols is 1. The second-order valence-electron chi connectivity index (χ2n) is 6.52. The quantitative estimate of drug-likeness (QED) is 0.792. The summed E-state index contributed by atoms with van der Waals surface area (Å²) in [5, 5.41) is 13.1. The highest BCUT2D eigenvalue weighted by atomic mass is 16.3. The largest absolute Gasteiger partial charge is 0.508 e. The molecule has 3 nitrogen and oxygen atoms in total. The first-order chi connectivity index (χ1) is 11.3. The third-order valence-electron chi connectivity index (χ3n) is 4.86. The lowest BCUT2D eigenvalue weighted by Gasteiger charge is -2.29. The van der Waals surface area contributed by atoms with E-state index in [-0.39, 0.29) is 0 Å². The predicted molar refractivity (Wildman–Crippen MR) is 93.7 cm³/mol. The average molecular weight is 310 g/mol. The topological polar surface area (TPSA) is 45.1 Å². The van der Waals surface area contributed by atoms with Crippen molar-refractivity contribution in [1.82, 2.24) is 10.3 Å². The first-order valence-corrected chi connectivity index (χ1v) is 8.73. The summed E-state index contributed by atoms with van der Waals surface area (Å²) in [6, 6.07) is 14.5. The van der Waals surface area contributed by atoms with Crippen LogP contribution in [0.3, 0.4) is 0 Å². The Morgan fingerprint density at radius 2 is 1.78 bits per heavy atom. The number of benzene rings is 1. The third kappa shape index (κ3) is 4.80. The van der Waals surface area contributed by atoms with Gasteiger partial charge in [-0.1, -0.05) is 18.2 Å². The zero-order valence-corrected chi connectivity index (χ0v) is 13.6. The summed E-state index contributed by atoms with van der Waals surface area (Å²) in [5.74, 6) is 1.01. The van der Waals surface area contributed by atoms with Crippen molar-refractivity contribution >= 4 is 0 Å². The lowest BCUT2D eigenvalue weighted by molar-refractivity contribution is 0.342. The highest BCUT2D eigenvalue weighted by molar-refractivity contribution is 5.28. The van der Waals surface area contributed by atoms with Crippen molar-refractivity contribution in [3.63, 3.8) is 0 Å². The maximum atomic E-state index is 9.39. The van der Waals surface area contributed by atoms with Crippen molar-refractivity contribution in [1.29, 1.82) is 0 Å². The molecule has 1 aliphatic carbocycles. The number of rotatable bonds is 6. The monoisotopic (exact) mass is 310 g/mol. The lowest BCUT2D eigenvalue weighted by atomic mass is 9.82. The summed E-state index contributed by atoms with van der Waals surface area (Å²) in [6.07, 6.45) is 9.04. The molecule has 3 rings (SSSR count). The summed E-state index contributed by atoms with van der Waals surface area (Å²) in [5.41, 5.74) is 2.56. The molecule has 2 aromatic rings. The standard InChI is InChI=1S/C20H26N2O/c23-20-12-8-17(9-13-20)16-6-10-19(11-7-16)22-15-3-5-18-4-1-2-14-21-18/h1-2,4,8-9,12-14,16,19,22-23H,3,5-7,10-11,15H2/t16-,19-. The first-order valence-electron chi connectivity index (χ1n) is 8.73. The van der Waals surface area contributed by atoms with Crippen LogP contribution in [-0.4, -0.2) is 22.7 Å². The van der Waals surface area contributed by atoms with E-state index in [0.29, 0.717) is 17.7 Å². The molecule has 23 heavy (non-hydrogen) atoms. The highest BCUT2D eigenvalue weighted by Gasteiger charge is 2.21. The molecular formula is C20H26N2O. The molecule has 1 heterocycles. The van der Waals surface area contributed by atoms with Gasteiger partial charge >= 0.3 is 0 Å². The molecule has 0 aliphatic heterocycles. The van der Waals surface area contributed by atoms with Gasteiger partial charge in [-0.05, 0) is 80.8 Å². The molecule has 3 heteroatoms. The van der Waals surface area contributed by atoms with Gasteiger partial charge < -0.3 is 10.4 Å². The number of hydrogen-bond acceptors (Lipinski definition) is 3. The fraction of sp³-hybridized carbons (Fsp3) is 0.450. The summed E-state index contributed by atoms with van der Waals surface area (Å²) < 4.78 is 0. The zero-order chi connectivity index (χ0) is 15.9. The van der Waals surface area contributed by atoms with Crippen molar-refractivity contribution in [2.24, 2.45) is 0 Å². The van der Waals surface area contributed by atoms with Crippen LogP contribution in [0.15, 0.2) is 48.7 Å². The van der Waals surface area contributed by atoms with E-state index in [9.17, 15) is 5.11 Å². The Morgan fingerprint density at radius 3 is 2.48 bits per heavy atom. The van der Waals surface area contributed by atoms with Gasteiger partial charge in [0.2, 0.25) is 0 Å². The van der Waals surface area contributed by atoms with Crippen LogP contribution < -0.4 is 5.32 Å². The van der Waals surface area contributed by atoms with Gasteiger partial charge in [-0.2, -0.15) is 0 Å². The van der Waals surface area contributed by atoms with Crippen LogP contribution in [0.4, 0.5) is 0 Å². The van der Waals surface area contributed by atoms with Crippen molar-refractivity contribution in [2.75, 3.05) is 6.54 Å². The van der Waals surface area contributed by atoms with Gasteiger partial charge in [0.15, 0.2) is 0 Å². The number of aromatic nitrogens is 1. The molecule has 1 aliphatic rings. The number of pyridine rings is 1. The number of hydrogen-bond donors (Lipinski definition) is 2. The van der Waals surface area contributed by atoms with E-state index in [1.54, 1.807) is 12.1 Å². The molecule has 0 atom stereocenters. The Balaban J connectivity index is 1.35. The average Bonchev–Trinajstić information content (AvgIpc) is 2.61. The van der Waals surface area contributed by atoms with Crippen LogP contribution >= 0.6 is 0 Å².